The highest BCUT2D eigenvalue weighted by Crippen LogP contribution is 2.50. The predicted molar refractivity (Wildman–Crippen MR) is 93.2 cm³/mol. The molecule has 1 aromatic rings. The van der Waals surface area contributed by atoms with Gasteiger partial charge in [-0.05, 0) is 38.2 Å². The number of hydrogen-bond acceptors (Lipinski definition) is 3. The zero-order chi connectivity index (χ0) is 16.9. The van der Waals surface area contributed by atoms with E-state index in [-0.39, 0.29) is 18.1 Å². The number of nitrogens with zero attached hydrogens (tertiary/aromatic N) is 1. The van der Waals surface area contributed by atoms with Crippen LogP contribution in [-0.2, 0) is 20.1 Å². The summed E-state index contributed by atoms with van der Waals surface area (Å²) in [7, 11) is 0. The lowest BCUT2D eigenvalue weighted by molar-refractivity contribution is -0.903. The van der Waals surface area contributed by atoms with E-state index < -0.39 is 5.79 Å². The van der Waals surface area contributed by atoms with Crippen LogP contribution in [0.3, 0.4) is 0 Å². The molecule has 0 bridgehead atoms. The van der Waals surface area contributed by atoms with Gasteiger partial charge in [0.05, 0.1) is 31.0 Å². The Morgan fingerprint density at radius 2 is 1.68 bits per heavy atom. The number of carbonyl (C=O) groups excluding carboxylic acids is 1. The molecule has 1 saturated carbocycles. The SMILES string of the molecule is O=C1N(C[NH+]2CCCCC2)c2ccccc2C12O[C@H]1CCCC[C@H]1O2. The Labute approximate surface area is 148 Å². The normalized spacial score (nSPS) is 35.2. The number of hydrogen-bond donors (Lipinski definition) is 1. The van der Waals surface area contributed by atoms with Crippen LogP contribution in [0, 0.1) is 0 Å². The van der Waals surface area contributed by atoms with Crippen molar-refractivity contribution < 1.29 is 19.2 Å². The van der Waals surface area contributed by atoms with Crippen molar-refractivity contribution in [2.75, 3.05) is 24.7 Å². The predicted octanol–water partition coefficient (Wildman–Crippen LogP) is 1.57. The van der Waals surface area contributed by atoms with Gasteiger partial charge in [0.15, 0.2) is 6.67 Å². The molecule has 0 radical (unpaired) electrons. The quantitative estimate of drug-likeness (QED) is 0.886. The topological polar surface area (TPSA) is 43.2 Å². The van der Waals surface area contributed by atoms with Crippen LogP contribution in [0.4, 0.5) is 5.69 Å². The first-order valence-corrected chi connectivity index (χ1v) is 9.89. The van der Waals surface area contributed by atoms with E-state index in [0.29, 0.717) is 0 Å². The molecule has 1 N–H and O–H groups in total. The van der Waals surface area contributed by atoms with E-state index in [0.717, 1.165) is 56.7 Å². The minimum absolute atomic E-state index is 0.0128. The van der Waals surface area contributed by atoms with Crippen molar-refractivity contribution >= 4 is 11.6 Å². The summed E-state index contributed by atoms with van der Waals surface area (Å²) in [6.07, 6.45) is 8.27. The molecule has 3 fully saturated rings. The summed E-state index contributed by atoms with van der Waals surface area (Å²) in [6.45, 7) is 3.01. The van der Waals surface area contributed by atoms with Gasteiger partial charge in [0.25, 0.3) is 11.7 Å². The van der Waals surface area contributed by atoms with Crippen molar-refractivity contribution in [1.29, 1.82) is 0 Å². The number of para-hydroxylation sites is 1. The first kappa shape index (κ1) is 15.8. The monoisotopic (exact) mass is 343 g/mol. The third-order valence-electron chi connectivity index (χ3n) is 6.30. The van der Waals surface area contributed by atoms with Gasteiger partial charge in [-0.3, -0.25) is 9.69 Å². The Morgan fingerprint density at radius 3 is 2.40 bits per heavy atom. The van der Waals surface area contributed by atoms with E-state index in [1.807, 2.05) is 29.2 Å². The summed E-state index contributed by atoms with van der Waals surface area (Å²) in [5, 5.41) is 0. The van der Waals surface area contributed by atoms with Crippen LogP contribution in [-0.4, -0.2) is 37.9 Å². The minimum Gasteiger partial charge on any atom is -0.332 e. The van der Waals surface area contributed by atoms with Gasteiger partial charge in [-0.15, -0.1) is 0 Å². The largest absolute Gasteiger partial charge is 0.332 e. The number of quaternary nitrogens is 1. The molecule has 3 heterocycles. The van der Waals surface area contributed by atoms with Crippen LogP contribution >= 0.6 is 0 Å². The molecule has 1 spiro atoms. The van der Waals surface area contributed by atoms with E-state index in [4.69, 9.17) is 9.47 Å². The molecule has 5 nitrogen and oxygen atoms in total. The highest BCUT2D eigenvalue weighted by Gasteiger charge is 2.61. The maximum atomic E-state index is 13.5. The highest BCUT2D eigenvalue weighted by molar-refractivity contribution is 6.06. The van der Waals surface area contributed by atoms with E-state index in [2.05, 4.69) is 0 Å². The summed E-state index contributed by atoms with van der Waals surface area (Å²) >= 11 is 0. The lowest BCUT2D eigenvalue weighted by Gasteiger charge is -2.29. The number of piperidine rings is 1. The summed E-state index contributed by atoms with van der Waals surface area (Å²) in [5.74, 6) is -1.20. The fraction of sp³-hybridized carbons (Fsp3) is 0.650. The second kappa shape index (κ2) is 6.08. The van der Waals surface area contributed by atoms with Gasteiger partial charge in [-0.2, -0.15) is 0 Å². The number of nitrogens with one attached hydrogen (secondary N) is 1. The van der Waals surface area contributed by atoms with Crippen molar-refractivity contribution in [1.82, 2.24) is 0 Å². The molecule has 1 amide bonds. The maximum Gasteiger partial charge on any atom is 0.296 e. The Balaban J connectivity index is 1.48. The van der Waals surface area contributed by atoms with Crippen molar-refractivity contribution in [2.24, 2.45) is 0 Å². The van der Waals surface area contributed by atoms with Crippen LogP contribution < -0.4 is 9.80 Å². The molecule has 5 rings (SSSR count). The first-order valence-electron chi connectivity index (χ1n) is 9.89. The van der Waals surface area contributed by atoms with Crippen molar-refractivity contribution in [3.8, 4) is 0 Å². The van der Waals surface area contributed by atoms with E-state index in [9.17, 15) is 4.79 Å². The van der Waals surface area contributed by atoms with Crippen LogP contribution in [0.5, 0.6) is 0 Å². The first-order chi connectivity index (χ1) is 12.3. The van der Waals surface area contributed by atoms with Gasteiger partial charge in [0, 0.05) is 5.56 Å². The third-order valence-corrected chi connectivity index (χ3v) is 6.30. The summed E-state index contributed by atoms with van der Waals surface area (Å²) in [6, 6.07) is 8.04. The van der Waals surface area contributed by atoms with Crippen LogP contribution in [0.15, 0.2) is 24.3 Å². The van der Waals surface area contributed by atoms with Crippen LogP contribution in [0.1, 0.15) is 50.5 Å². The zero-order valence-corrected chi connectivity index (χ0v) is 14.7. The van der Waals surface area contributed by atoms with Crippen LogP contribution in [0.25, 0.3) is 0 Å². The molecular formula is C20H27N2O3+. The average Bonchev–Trinajstić information content (AvgIpc) is 3.15. The average molecular weight is 343 g/mol. The molecule has 1 unspecified atom stereocenters. The standard InChI is InChI=1S/C20H26N2O3/c23-19-20(24-17-10-4-5-11-18(17)25-20)15-8-2-3-9-16(15)22(19)14-21-12-6-1-7-13-21/h2-3,8-9,17-18H,1,4-7,10-14H2/p+1/t17-,18+,20?. The van der Waals surface area contributed by atoms with Gasteiger partial charge in [0.2, 0.25) is 0 Å². The molecule has 1 aliphatic carbocycles. The highest BCUT2D eigenvalue weighted by atomic mass is 16.8. The van der Waals surface area contributed by atoms with Gasteiger partial charge in [-0.25, -0.2) is 0 Å². The zero-order valence-electron chi connectivity index (χ0n) is 14.7. The second-order valence-electron chi connectivity index (χ2n) is 7.93. The Kier molecular flexibility index (Phi) is 3.84. The third kappa shape index (κ3) is 2.44. The lowest BCUT2D eigenvalue weighted by atomic mass is 9.95. The van der Waals surface area contributed by atoms with Gasteiger partial charge >= 0.3 is 0 Å². The Bertz CT molecular complexity index is 657. The number of anilines is 1. The maximum absolute atomic E-state index is 13.5. The number of likely N-dealkylation sites (tertiary alicyclic amines) is 1. The molecule has 1 aromatic carbocycles. The number of ether oxygens (including phenoxy) is 2. The Morgan fingerprint density at radius 1 is 1.00 bits per heavy atom. The van der Waals surface area contributed by atoms with Crippen molar-refractivity contribution in [3.63, 3.8) is 0 Å². The number of rotatable bonds is 2. The molecule has 3 atom stereocenters. The molecule has 134 valence electrons. The number of fused-ring (bicyclic) bond motifs is 3. The van der Waals surface area contributed by atoms with E-state index in [1.54, 1.807) is 0 Å². The Hall–Kier alpha value is -1.43. The fourth-order valence-corrected chi connectivity index (χ4v) is 4.99. The summed E-state index contributed by atoms with van der Waals surface area (Å²) < 4.78 is 12.7. The second-order valence-corrected chi connectivity index (χ2v) is 7.93. The molecule has 4 aliphatic rings. The van der Waals surface area contributed by atoms with Gasteiger partial charge in [-0.1, -0.05) is 31.0 Å². The van der Waals surface area contributed by atoms with Crippen molar-refractivity contribution in [3.05, 3.63) is 29.8 Å². The van der Waals surface area contributed by atoms with E-state index in [1.165, 1.54) is 24.2 Å². The number of amides is 1. The number of benzene rings is 1. The fourth-order valence-electron chi connectivity index (χ4n) is 4.99. The molecular weight excluding hydrogens is 316 g/mol. The smallest absolute Gasteiger partial charge is 0.296 e. The molecule has 3 aliphatic heterocycles. The van der Waals surface area contributed by atoms with Gasteiger partial charge < -0.3 is 14.4 Å². The summed E-state index contributed by atoms with van der Waals surface area (Å²) in [5.41, 5.74) is 1.88. The lowest BCUT2D eigenvalue weighted by Crippen LogP contribution is -3.14. The molecule has 5 heteroatoms. The molecule has 2 saturated heterocycles. The molecule has 0 aromatic heterocycles. The minimum atomic E-state index is -1.19. The summed E-state index contributed by atoms with van der Waals surface area (Å²) in [4.78, 5) is 16.9. The van der Waals surface area contributed by atoms with Gasteiger partial charge in [0.1, 0.15) is 0 Å². The van der Waals surface area contributed by atoms with Crippen LogP contribution in [0.2, 0.25) is 0 Å². The number of carbonyl (C=O) groups is 1. The molecule has 25 heavy (non-hydrogen) atoms. The van der Waals surface area contributed by atoms with E-state index >= 15 is 0 Å². The van der Waals surface area contributed by atoms with Crippen molar-refractivity contribution in [2.45, 2.75) is 62.9 Å².